The average molecular weight is 571 g/mol. The molecule has 16 heteroatoms. The standard InChI is InChI=1S/C21H25F3N4O4.C2HF3O2/c1-11-6-7-12(20(32,10-29)21(22,23)24)8-13(11)15-9-26-18(25)17(27-15)19(31)28-14-4-2-3-5-16(14)30;3-2(4,5)1(6)7/h6-9,14,16,29-30,32H,2-5,10H2,1H3,(H2,25,26)(H,28,31);(H,6,7)/t14-,16-,20+;/m0./s1/i1D3;. The lowest BCUT2D eigenvalue weighted by Crippen LogP contribution is -2.45. The van der Waals surface area contributed by atoms with Crippen molar-refractivity contribution in [2.24, 2.45) is 0 Å². The molecule has 39 heavy (non-hydrogen) atoms. The van der Waals surface area contributed by atoms with Crippen LogP contribution in [0.25, 0.3) is 11.3 Å². The summed E-state index contributed by atoms with van der Waals surface area (Å²) in [5.41, 5.74) is -0.199. The third kappa shape index (κ3) is 7.54. The van der Waals surface area contributed by atoms with Crippen LogP contribution in [0.2, 0.25) is 0 Å². The Kier molecular flexibility index (Phi) is 8.42. The Labute approximate surface area is 221 Å². The van der Waals surface area contributed by atoms with Gasteiger partial charge in [-0.1, -0.05) is 25.0 Å². The topological polar surface area (TPSA) is 179 Å². The highest BCUT2D eigenvalue weighted by molar-refractivity contribution is 5.97. The molecule has 0 aliphatic heterocycles. The molecule has 0 radical (unpaired) electrons. The van der Waals surface area contributed by atoms with Crippen LogP contribution in [-0.2, 0) is 10.4 Å². The molecule has 2 aromatic rings. The number of aromatic nitrogens is 2. The van der Waals surface area contributed by atoms with Crippen molar-refractivity contribution in [1.82, 2.24) is 15.3 Å². The molecule has 1 aliphatic rings. The van der Waals surface area contributed by atoms with Gasteiger partial charge in [-0.2, -0.15) is 26.3 Å². The summed E-state index contributed by atoms with van der Waals surface area (Å²) in [6, 6.07) is 1.78. The number of nitrogens with zero attached hydrogens (tertiary/aromatic N) is 2. The number of nitrogen functional groups attached to an aromatic ring is 1. The van der Waals surface area contributed by atoms with Gasteiger partial charge in [0.1, 0.15) is 0 Å². The van der Waals surface area contributed by atoms with Gasteiger partial charge >= 0.3 is 18.3 Å². The monoisotopic (exact) mass is 571 g/mol. The van der Waals surface area contributed by atoms with Crippen LogP contribution in [0, 0.1) is 6.85 Å². The predicted molar refractivity (Wildman–Crippen MR) is 123 cm³/mol. The number of carbonyl (C=O) groups excluding carboxylic acids is 1. The second-order valence-corrected chi connectivity index (χ2v) is 8.50. The van der Waals surface area contributed by atoms with E-state index in [0.29, 0.717) is 12.8 Å². The van der Waals surface area contributed by atoms with E-state index in [9.17, 15) is 46.5 Å². The zero-order valence-corrected chi connectivity index (χ0v) is 19.8. The van der Waals surface area contributed by atoms with Gasteiger partial charge in [-0.15, -0.1) is 0 Å². The van der Waals surface area contributed by atoms with Gasteiger partial charge in [0, 0.05) is 9.68 Å². The number of nitrogens with two attached hydrogens (primary N) is 1. The number of nitrogens with one attached hydrogen (secondary N) is 1. The number of carboxylic acids is 1. The van der Waals surface area contributed by atoms with Crippen LogP contribution >= 0.6 is 0 Å². The van der Waals surface area contributed by atoms with Crippen LogP contribution in [0.1, 0.15) is 51.4 Å². The van der Waals surface area contributed by atoms with Crippen molar-refractivity contribution in [3.8, 4) is 11.3 Å². The summed E-state index contributed by atoms with van der Waals surface area (Å²) in [5, 5.41) is 39.3. The molecule has 7 N–H and O–H groups in total. The molecule has 1 saturated carbocycles. The van der Waals surface area contributed by atoms with Crippen LogP contribution in [0.5, 0.6) is 0 Å². The molecular formula is C23H26F6N4O6. The van der Waals surface area contributed by atoms with Gasteiger partial charge in [0.15, 0.2) is 11.5 Å². The Morgan fingerprint density at radius 2 is 1.79 bits per heavy atom. The SMILES string of the molecule is O=C(O)C(F)(F)F.[2H]C([2H])([2H])c1ccc([C@](O)(CO)C(F)(F)F)cc1-c1cnc(N)c(C(=O)N[C@H]2CCCC[C@@H]2O)n1. The molecule has 216 valence electrons. The second-order valence-electron chi connectivity index (χ2n) is 8.50. The molecule has 1 amide bonds. The van der Waals surface area contributed by atoms with Crippen LogP contribution in [0.3, 0.4) is 0 Å². The largest absolute Gasteiger partial charge is 0.490 e. The van der Waals surface area contributed by atoms with Crippen LogP contribution in [0.4, 0.5) is 32.2 Å². The molecular weight excluding hydrogens is 542 g/mol. The predicted octanol–water partition coefficient (Wildman–Crippen LogP) is 2.44. The number of rotatable bonds is 5. The van der Waals surface area contributed by atoms with Crippen molar-refractivity contribution in [1.29, 1.82) is 0 Å². The van der Waals surface area contributed by atoms with Gasteiger partial charge < -0.3 is 31.5 Å². The lowest BCUT2D eigenvalue weighted by Gasteiger charge is -2.29. The van der Waals surface area contributed by atoms with Crippen LogP contribution in [-0.4, -0.2) is 73.4 Å². The minimum atomic E-state index is -5.28. The van der Waals surface area contributed by atoms with Crippen LogP contribution < -0.4 is 11.1 Å². The molecule has 1 fully saturated rings. The Hall–Kier alpha value is -3.50. The van der Waals surface area contributed by atoms with E-state index in [1.165, 1.54) is 0 Å². The van der Waals surface area contributed by atoms with Crippen molar-refractivity contribution in [3.63, 3.8) is 0 Å². The molecule has 1 aromatic carbocycles. The Balaban J connectivity index is 0.000000782. The number of carboxylic acid groups (broad SMARTS) is 1. The molecule has 3 atom stereocenters. The Bertz CT molecular complexity index is 1290. The molecule has 3 rings (SSSR count). The summed E-state index contributed by atoms with van der Waals surface area (Å²) in [4.78, 5) is 29.6. The maximum absolute atomic E-state index is 13.5. The zero-order chi connectivity index (χ0) is 32.3. The van der Waals surface area contributed by atoms with Crippen LogP contribution in [0.15, 0.2) is 24.4 Å². The normalized spacial score (nSPS) is 20.8. The van der Waals surface area contributed by atoms with E-state index in [2.05, 4.69) is 15.3 Å². The molecule has 1 heterocycles. The van der Waals surface area contributed by atoms with Gasteiger partial charge in [0.05, 0.1) is 30.6 Å². The highest BCUT2D eigenvalue weighted by Gasteiger charge is 2.54. The Morgan fingerprint density at radius 1 is 1.18 bits per heavy atom. The van der Waals surface area contributed by atoms with E-state index in [1.54, 1.807) is 0 Å². The Morgan fingerprint density at radius 3 is 2.31 bits per heavy atom. The maximum atomic E-state index is 13.5. The lowest BCUT2D eigenvalue weighted by molar-refractivity contribution is -0.277. The van der Waals surface area contributed by atoms with Crippen molar-refractivity contribution in [3.05, 3.63) is 41.2 Å². The zero-order valence-electron chi connectivity index (χ0n) is 22.8. The molecule has 1 aliphatic carbocycles. The number of hydrogen-bond donors (Lipinski definition) is 6. The summed E-state index contributed by atoms with van der Waals surface area (Å²) in [6.45, 7) is -4.52. The fourth-order valence-corrected chi connectivity index (χ4v) is 3.57. The molecule has 0 spiro atoms. The molecule has 1 aromatic heterocycles. The van der Waals surface area contributed by atoms with E-state index in [4.69, 9.17) is 19.7 Å². The van der Waals surface area contributed by atoms with E-state index >= 15 is 0 Å². The lowest BCUT2D eigenvalue weighted by atomic mass is 9.90. The number of anilines is 1. The third-order valence-corrected chi connectivity index (χ3v) is 5.78. The van der Waals surface area contributed by atoms with Gasteiger partial charge in [0.2, 0.25) is 5.60 Å². The van der Waals surface area contributed by atoms with E-state index in [1.807, 2.05) is 0 Å². The summed E-state index contributed by atoms with van der Waals surface area (Å²) in [5.74, 6) is -3.87. The number of aliphatic hydroxyl groups excluding tert-OH is 2. The molecule has 0 saturated heterocycles. The molecule has 0 bridgehead atoms. The highest BCUT2D eigenvalue weighted by atomic mass is 19.4. The van der Waals surface area contributed by atoms with E-state index < -0.39 is 72.3 Å². The number of aliphatic hydroxyl groups is 3. The smallest absolute Gasteiger partial charge is 0.475 e. The number of alkyl halides is 6. The summed E-state index contributed by atoms with van der Waals surface area (Å²) in [6.07, 6.45) is -7.55. The first-order valence-electron chi connectivity index (χ1n) is 12.6. The fourth-order valence-electron chi connectivity index (χ4n) is 3.57. The van der Waals surface area contributed by atoms with Crippen molar-refractivity contribution >= 4 is 17.7 Å². The van der Waals surface area contributed by atoms with Gasteiger partial charge in [0.25, 0.3) is 5.91 Å². The minimum absolute atomic E-state index is 0.288. The van der Waals surface area contributed by atoms with Crippen molar-refractivity contribution in [2.45, 2.75) is 62.6 Å². The highest BCUT2D eigenvalue weighted by Crippen LogP contribution is 2.40. The van der Waals surface area contributed by atoms with Crippen molar-refractivity contribution in [2.75, 3.05) is 12.3 Å². The average Bonchev–Trinajstić information content (AvgIpc) is 2.88. The van der Waals surface area contributed by atoms with Gasteiger partial charge in [-0.05, 0) is 36.9 Å². The minimum Gasteiger partial charge on any atom is -0.475 e. The van der Waals surface area contributed by atoms with E-state index in [0.717, 1.165) is 37.2 Å². The number of benzene rings is 1. The third-order valence-electron chi connectivity index (χ3n) is 5.78. The first kappa shape index (κ1) is 27.1. The second kappa shape index (κ2) is 12.1. The molecule has 0 unspecified atom stereocenters. The summed E-state index contributed by atoms with van der Waals surface area (Å²) < 4.78 is 95.5. The van der Waals surface area contributed by atoms with Crippen molar-refractivity contribution < 1.29 is 60.5 Å². The summed E-state index contributed by atoms with van der Waals surface area (Å²) in [7, 11) is 0. The first-order valence-corrected chi connectivity index (χ1v) is 11.1. The first-order chi connectivity index (χ1) is 19.1. The molecule has 10 nitrogen and oxygen atoms in total. The summed E-state index contributed by atoms with van der Waals surface area (Å²) >= 11 is 0. The number of hydrogen-bond acceptors (Lipinski definition) is 8. The fraction of sp³-hybridized carbons (Fsp3) is 0.478. The van der Waals surface area contributed by atoms with Gasteiger partial charge in [-0.25, -0.2) is 14.8 Å². The quantitative estimate of drug-likeness (QED) is 0.294. The number of amides is 1. The number of aliphatic carboxylic acids is 1. The number of halogens is 6. The van der Waals surface area contributed by atoms with Gasteiger partial charge in [-0.3, -0.25) is 4.79 Å². The number of carbonyl (C=O) groups is 2. The number of aryl methyl sites for hydroxylation is 1. The maximum Gasteiger partial charge on any atom is 0.490 e. The van der Waals surface area contributed by atoms with E-state index in [-0.39, 0.29) is 17.1 Å².